The van der Waals surface area contributed by atoms with Crippen LogP contribution < -0.4 is 11.3 Å². The van der Waals surface area contributed by atoms with Crippen molar-refractivity contribution in [1.82, 2.24) is 5.43 Å². The molecule has 2 rings (SSSR count). The van der Waals surface area contributed by atoms with Crippen molar-refractivity contribution in [3.05, 3.63) is 34.6 Å². The third-order valence-electron chi connectivity index (χ3n) is 3.89. The molecule has 0 radical (unpaired) electrons. The lowest BCUT2D eigenvalue weighted by molar-refractivity contribution is 0.0108. The van der Waals surface area contributed by atoms with Crippen LogP contribution in [0.2, 0.25) is 5.02 Å². The van der Waals surface area contributed by atoms with E-state index in [1.165, 1.54) is 6.07 Å². The van der Waals surface area contributed by atoms with Crippen LogP contribution in [0.1, 0.15) is 18.9 Å². The minimum absolute atomic E-state index is 0.0505. The van der Waals surface area contributed by atoms with Crippen molar-refractivity contribution in [3.8, 4) is 0 Å². The zero-order chi connectivity index (χ0) is 13.8. The van der Waals surface area contributed by atoms with E-state index in [4.69, 9.17) is 22.2 Å². The van der Waals surface area contributed by atoms with Gasteiger partial charge in [0.25, 0.3) is 0 Å². The number of ether oxygens (including phenoxy) is 1. The maximum atomic E-state index is 13.8. The van der Waals surface area contributed by atoms with Gasteiger partial charge < -0.3 is 4.74 Å². The summed E-state index contributed by atoms with van der Waals surface area (Å²) in [5.74, 6) is 6.20. The van der Waals surface area contributed by atoms with E-state index in [9.17, 15) is 4.39 Å². The first-order chi connectivity index (χ1) is 9.11. The number of nitrogens with one attached hydrogen (secondary N) is 1. The van der Waals surface area contributed by atoms with Gasteiger partial charge in [0, 0.05) is 24.3 Å². The Morgan fingerprint density at radius 2 is 2.37 bits per heavy atom. The second kappa shape index (κ2) is 6.66. The fraction of sp³-hybridized carbons (Fsp3) is 0.571. The van der Waals surface area contributed by atoms with Crippen molar-refractivity contribution in [2.45, 2.75) is 25.8 Å². The molecule has 19 heavy (non-hydrogen) atoms. The molecule has 1 saturated heterocycles. The molecular formula is C14H20ClFN2O. The average molecular weight is 287 g/mol. The minimum atomic E-state index is -0.271. The molecule has 106 valence electrons. The normalized spacial score (nSPS) is 25.3. The van der Waals surface area contributed by atoms with Crippen LogP contribution in [0.4, 0.5) is 4.39 Å². The molecule has 3 nitrogen and oxygen atoms in total. The Bertz CT molecular complexity index is 430. The predicted octanol–water partition coefficient (Wildman–Crippen LogP) is 2.53. The third-order valence-corrected chi connectivity index (χ3v) is 4.13. The van der Waals surface area contributed by atoms with Crippen molar-refractivity contribution < 1.29 is 9.13 Å². The topological polar surface area (TPSA) is 47.3 Å². The second-order valence-electron chi connectivity index (χ2n) is 5.22. The van der Waals surface area contributed by atoms with Gasteiger partial charge in [-0.3, -0.25) is 11.3 Å². The fourth-order valence-electron chi connectivity index (χ4n) is 2.75. The van der Waals surface area contributed by atoms with E-state index in [0.29, 0.717) is 28.8 Å². The minimum Gasteiger partial charge on any atom is -0.381 e. The molecule has 1 heterocycles. The summed E-state index contributed by atoms with van der Waals surface area (Å²) in [7, 11) is 0. The molecule has 1 fully saturated rings. The summed E-state index contributed by atoms with van der Waals surface area (Å²) in [5, 5.41) is 0.415. The molecule has 1 aliphatic rings. The summed E-state index contributed by atoms with van der Waals surface area (Å²) < 4.78 is 19.3. The first-order valence-electron chi connectivity index (χ1n) is 6.59. The zero-order valence-corrected chi connectivity index (χ0v) is 11.8. The van der Waals surface area contributed by atoms with E-state index in [2.05, 4.69) is 12.3 Å². The third kappa shape index (κ3) is 3.66. The highest BCUT2D eigenvalue weighted by Crippen LogP contribution is 2.27. The van der Waals surface area contributed by atoms with E-state index < -0.39 is 0 Å². The molecule has 1 aromatic rings. The van der Waals surface area contributed by atoms with Gasteiger partial charge in [0.1, 0.15) is 5.82 Å². The SMILES string of the molecule is CC1COCCC1C(Cc1ccc(Cl)cc1F)NN. The summed E-state index contributed by atoms with van der Waals surface area (Å²) in [6.45, 7) is 3.63. The van der Waals surface area contributed by atoms with Crippen LogP contribution in [0, 0.1) is 17.7 Å². The Morgan fingerprint density at radius 3 is 3.00 bits per heavy atom. The predicted molar refractivity (Wildman–Crippen MR) is 74.3 cm³/mol. The number of rotatable bonds is 4. The first kappa shape index (κ1) is 14.7. The van der Waals surface area contributed by atoms with Crippen molar-refractivity contribution in [1.29, 1.82) is 0 Å². The largest absolute Gasteiger partial charge is 0.381 e. The summed E-state index contributed by atoms with van der Waals surface area (Å²) >= 11 is 5.76. The van der Waals surface area contributed by atoms with Gasteiger partial charge in [0.2, 0.25) is 0 Å². The molecule has 1 aromatic carbocycles. The lowest BCUT2D eigenvalue weighted by atomic mass is 9.81. The van der Waals surface area contributed by atoms with Gasteiger partial charge in [-0.05, 0) is 42.4 Å². The van der Waals surface area contributed by atoms with Crippen LogP contribution in [-0.2, 0) is 11.2 Å². The van der Waals surface area contributed by atoms with Gasteiger partial charge in [0.05, 0.1) is 0 Å². The molecule has 5 heteroatoms. The summed E-state index contributed by atoms with van der Waals surface area (Å²) in [6, 6.07) is 4.83. The van der Waals surface area contributed by atoms with Gasteiger partial charge in [-0.25, -0.2) is 4.39 Å². The molecule has 0 spiro atoms. The van der Waals surface area contributed by atoms with E-state index in [0.717, 1.165) is 19.6 Å². The molecule has 3 unspecified atom stereocenters. The zero-order valence-electron chi connectivity index (χ0n) is 11.0. The summed E-state index contributed by atoms with van der Waals surface area (Å²) in [4.78, 5) is 0. The molecule has 3 atom stereocenters. The Hall–Kier alpha value is -0.680. The van der Waals surface area contributed by atoms with E-state index in [1.807, 2.05) is 0 Å². The number of hydrogen-bond acceptors (Lipinski definition) is 3. The summed E-state index contributed by atoms with van der Waals surface area (Å²) in [6.07, 6.45) is 1.51. The Morgan fingerprint density at radius 1 is 1.58 bits per heavy atom. The average Bonchev–Trinajstić information content (AvgIpc) is 2.39. The Balaban J connectivity index is 2.09. The monoisotopic (exact) mass is 286 g/mol. The maximum absolute atomic E-state index is 13.8. The van der Waals surface area contributed by atoms with Gasteiger partial charge >= 0.3 is 0 Å². The van der Waals surface area contributed by atoms with Gasteiger partial charge in [-0.2, -0.15) is 0 Å². The molecule has 1 aliphatic heterocycles. The van der Waals surface area contributed by atoms with Crippen LogP contribution in [0.25, 0.3) is 0 Å². The molecule has 0 aromatic heterocycles. The number of halogens is 2. The van der Waals surface area contributed by atoms with Crippen LogP contribution in [0.5, 0.6) is 0 Å². The molecule has 0 bridgehead atoms. The van der Waals surface area contributed by atoms with Crippen molar-refractivity contribution >= 4 is 11.6 Å². The lowest BCUT2D eigenvalue weighted by Crippen LogP contribution is -2.47. The van der Waals surface area contributed by atoms with Gasteiger partial charge in [0.15, 0.2) is 0 Å². The highest BCUT2D eigenvalue weighted by molar-refractivity contribution is 6.30. The quantitative estimate of drug-likeness (QED) is 0.660. The molecule has 0 saturated carbocycles. The van der Waals surface area contributed by atoms with Crippen LogP contribution in [0.15, 0.2) is 18.2 Å². The van der Waals surface area contributed by atoms with Crippen molar-refractivity contribution in [3.63, 3.8) is 0 Å². The Labute approximate surface area is 118 Å². The molecular weight excluding hydrogens is 267 g/mol. The molecule has 3 N–H and O–H groups in total. The summed E-state index contributed by atoms with van der Waals surface area (Å²) in [5.41, 5.74) is 3.48. The van der Waals surface area contributed by atoms with Crippen molar-refractivity contribution in [2.24, 2.45) is 17.7 Å². The van der Waals surface area contributed by atoms with Crippen LogP contribution >= 0.6 is 11.6 Å². The lowest BCUT2D eigenvalue weighted by Gasteiger charge is -2.35. The maximum Gasteiger partial charge on any atom is 0.127 e. The molecule has 0 amide bonds. The number of nitrogens with two attached hydrogens (primary N) is 1. The highest BCUT2D eigenvalue weighted by Gasteiger charge is 2.29. The van der Waals surface area contributed by atoms with Gasteiger partial charge in [-0.15, -0.1) is 0 Å². The van der Waals surface area contributed by atoms with Crippen LogP contribution in [-0.4, -0.2) is 19.3 Å². The van der Waals surface area contributed by atoms with Crippen LogP contribution in [0.3, 0.4) is 0 Å². The molecule has 0 aliphatic carbocycles. The number of hydrogen-bond donors (Lipinski definition) is 2. The van der Waals surface area contributed by atoms with E-state index in [1.54, 1.807) is 12.1 Å². The van der Waals surface area contributed by atoms with Crippen molar-refractivity contribution in [2.75, 3.05) is 13.2 Å². The first-order valence-corrected chi connectivity index (χ1v) is 6.97. The number of hydrazine groups is 1. The fourth-order valence-corrected chi connectivity index (χ4v) is 2.91. The standard InChI is InChI=1S/C14H20ClFN2O/c1-9-8-19-5-4-12(9)14(18-17)6-10-2-3-11(15)7-13(10)16/h2-3,7,9,12,14,18H,4-6,8,17H2,1H3. The van der Waals surface area contributed by atoms with E-state index in [-0.39, 0.29) is 11.9 Å². The Kier molecular flexibility index (Phi) is 5.16. The van der Waals surface area contributed by atoms with E-state index >= 15 is 0 Å². The number of benzene rings is 1. The van der Waals surface area contributed by atoms with Gasteiger partial charge in [-0.1, -0.05) is 24.6 Å². The smallest absolute Gasteiger partial charge is 0.127 e. The second-order valence-corrected chi connectivity index (χ2v) is 5.65. The highest BCUT2D eigenvalue weighted by atomic mass is 35.5.